The van der Waals surface area contributed by atoms with E-state index in [0.29, 0.717) is 52.9 Å². The van der Waals surface area contributed by atoms with E-state index in [1.54, 1.807) is 7.11 Å². The topological polar surface area (TPSA) is 59.8 Å². The largest absolute Gasteiger partial charge is 0.382 e. The van der Waals surface area contributed by atoms with Gasteiger partial charge in [0.1, 0.15) is 13.1 Å². The molecule has 1 N–H and O–H groups in total. The van der Waals surface area contributed by atoms with E-state index >= 15 is 0 Å². The average molecular weight is 308 g/mol. The van der Waals surface area contributed by atoms with Gasteiger partial charge in [-0.1, -0.05) is 0 Å². The Morgan fingerprint density at radius 2 is 1.19 bits per heavy atom. The predicted octanol–water partition coefficient (Wildman–Crippen LogP) is -1.43. The van der Waals surface area contributed by atoms with E-state index in [-0.39, 0.29) is 0 Å². The maximum atomic E-state index is 5.57. The highest BCUT2D eigenvalue weighted by Crippen LogP contribution is 1.83. The second kappa shape index (κ2) is 14.6. The quantitative estimate of drug-likeness (QED) is 0.397. The van der Waals surface area contributed by atoms with Gasteiger partial charge in [0.05, 0.1) is 66.1 Å². The Bertz CT molecular complexity index is 214. The number of quaternary nitrogens is 1. The SMILES string of the molecule is COCCOCCOCCOCCOC[NH+]1CCOCC1. The van der Waals surface area contributed by atoms with Gasteiger partial charge in [-0.05, 0) is 0 Å². The highest BCUT2D eigenvalue weighted by molar-refractivity contribution is 4.37. The molecule has 1 aliphatic heterocycles. The van der Waals surface area contributed by atoms with E-state index in [2.05, 4.69) is 0 Å². The molecule has 7 nitrogen and oxygen atoms in total. The summed E-state index contributed by atoms with van der Waals surface area (Å²) in [6.45, 7) is 9.29. The Morgan fingerprint density at radius 1 is 0.714 bits per heavy atom. The van der Waals surface area contributed by atoms with Crippen molar-refractivity contribution in [2.45, 2.75) is 0 Å². The van der Waals surface area contributed by atoms with Crippen LogP contribution in [0.4, 0.5) is 0 Å². The summed E-state index contributed by atoms with van der Waals surface area (Å²) < 4.78 is 31.8. The highest BCUT2D eigenvalue weighted by atomic mass is 16.6. The second-order valence-corrected chi connectivity index (χ2v) is 4.74. The van der Waals surface area contributed by atoms with E-state index in [0.717, 1.165) is 33.0 Å². The van der Waals surface area contributed by atoms with Gasteiger partial charge in [-0.25, -0.2) is 0 Å². The summed E-state index contributed by atoms with van der Waals surface area (Å²) >= 11 is 0. The second-order valence-electron chi connectivity index (χ2n) is 4.74. The van der Waals surface area contributed by atoms with Crippen LogP contribution in [0.3, 0.4) is 0 Å². The molecule has 0 amide bonds. The van der Waals surface area contributed by atoms with E-state index in [9.17, 15) is 0 Å². The van der Waals surface area contributed by atoms with Crippen LogP contribution in [0.5, 0.6) is 0 Å². The molecule has 0 aromatic heterocycles. The number of hydrogen-bond acceptors (Lipinski definition) is 6. The molecule has 0 aromatic rings. The van der Waals surface area contributed by atoms with Crippen LogP contribution in [-0.4, -0.2) is 93.0 Å². The summed E-state index contributed by atoms with van der Waals surface area (Å²) in [7, 11) is 1.66. The Balaban J connectivity index is 1.69. The van der Waals surface area contributed by atoms with E-state index in [4.69, 9.17) is 28.4 Å². The van der Waals surface area contributed by atoms with Crippen molar-refractivity contribution < 1.29 is 33.3 Å². The van der Waals surface area contributed by atoms with Gasteiger partial charge in [0, 0.05) is 7.11 Å². The molecule has 0 aromatic carbocycles. The van der Waals surface area contributed by atoms with Gasteiger partial charge in [-0.15, -0.1) is 0 Å². The van der Waals surface area contributed by atoms with Crippen molar-refractivity contribution in [3.8, 4) is 0 Å². The standard InChI is InChI=1S/C14H29NO6/c1-16-6-7-18-8-9-19-10-11-20-12-13-21-14-15-2-4-17-5-3-15/h2-14H2,1H3/p+1. The molecule has 0 saturated carbocycles. The lowest BCUT2D eigenvalue weighted by Gasteiger charge is -2.23. The molecule has 1 aliphatic rings. The summed E-state index contributed by atoms with van der Waals surface area (Å²) in [5.74, 6) is 0. The maximum Gasteiger partial charge on any atom is 0.181 e. The number of methoxy groups -OCH3 is 1. The zero-order chi connectivity index (χ0) is 15.0. The predicted molar refractivity (Wildman–Crippen MR) is 76.7 cm³/mol. The van der Waals surface area contributed by atoms with Gasteiger partial charge in [0.15, 0.2) is 6.73 Å². The molecule has 1 fully saturated rings. The van der Waals surface area contributed by atoms with Crippen molar-refractivity contribution in [3.05, 3.63) is 0 Å². The van der Waals surface area contributed by atoms with Crippen LogP contribution in [0.15, 0.2) is 0 Å². The number of nitrogens with one attached hydrogen (secondary N) is 1. The van der Waals surface area contributed by atoms with Crippen molar-refractivity contribution in [1.29, 1.82) is 0 Å². The van der Waals surface area contributed by atoms with Crippen LogP contribution in [-0.2, 0) is 28.4 Å². The summed E-state index contributed by atoms with van der Waals surface area (Å²) in [5, 5.41) is 0. The summed E-state index contributed by atoms with van der Waals surface area (Å²) in [6, 6.07) is 0. The lowest BCUT2D eigenvalue weighted by molar-refractivity contribution is -0.927. The maximum absolute atomic E-state index is 5.57. The normalized spacial score (nSPS) is 16.4. The fourth-order valence-electron chi connectivity index (χ4n) is 1.82. The lowest BCUT2D eigenvalue weighted by atomic mass is 10.5. The molecule has 7 heteroatoms. The number of rotatable bonds is 14. The van der Waals surface area contributed by atoms with Crippen LogP contribution in [0, 0.1) is 0 Å². The molecule has 0 atom stereocenters. The molecular weight excluding hydrogens is 278 g/mol. The first kappa shape index (κ1) is 18.8. The van der Waals surface area contributed by atoms with Crippen molar-refractivity contribution in [3.63, 3.8) is 0 Å². The van der Waals surface area contributed by atoms with Crippen molar-refractivity contribution in [1.82, 2.24) is 0 Å². The van der Waals surface area contributed by atoms with E-state index in [1.165, 1.54) is 4.90 Å². The van der Waals surface area contributed by atoms with Crippen molar-refractivity contribution in [2.75, 3.05) is 93.0 Å². The van der Waals surface area contributed by atoms with Crippen LogP contribution in [0.2, 0.25) is 0 Å². The fourth-order valence-corrected chi connectivity index (χ4v) is 1.82. The highest BCUT2D eigenvalue weighted by Gasteiger charge is 2.12. The number of ether oxygens (including phenoxy) is 6. The lowest BCUT2D eigenvalue weighted by Crippen LogP contribution is -3.14. The third kappa shape index (κ3) is 12.0. The summed E-state index contributed by atoms with van der Waals surface area (Å²) in [5.41, 5.74) is 0. The number of morpholine rings is 1. The zero-order valence-electron chi connectivity index (χ0n) is 13.1. The Hall–Kier alpha value is -0.280. The first-order valence-corrected chi connectivity index (χ1v) is 7.64. The van der Waals surface area contributed by atoms with Crippen LogP contribution >= 0.6 is 0 Å². The molecule has 0 unspecified atom stereocenters. The van der Waals surface area contributed by atoms with Crippen molar-refractivity contribution >= 4 is 0 Å². The van der Waals surface area contributed by atoms with Gasteiger partial charge in [-0.3, -0.25) is 0 Å². The molecule has 0 bridgehead atoms. The number of hydrogen-bond donors (Lipinski definition) is 1. The van der Waals surface area contributed by atoms with Crippen LogP contribution < -0.4 is 4.90 Å². The molecule has 126 valence electrons. The monoisotopic (exact) mass is 308 g/mol. The minimum absolute atomic E-state index is 0.586. The molecule has 21 heavy (non-hydrogen) atoms. The first-order chi connectivity index (χ1) is 10.4. The third-order valence-electron chi connectivity index (χ3n) is 3.05. The average Bonchev–Trinajstić information content (AvgIpc) is 2.53. The van der Waals surface area contributed by atoms with E-state index < -0.39 is 0 Å². The first-order valence-electron chi connectivity index (χ1n) is 7.64. The third-order valence-corrected chi connectivity index (χ3v) is 3.05. The van der Waals surface area contributed by atoms with Gasteiger partial charge in [-0.2, -0.15) is 0 Å². The summed E-state index contributed by atoms with van der Waals surface area (Å²) in [4.78, 5) is 1.44. The molecule has 1 heterocycles. The smallest absolute Gasteiger partial charge is 0.181 e. The minimum Gasteiger partial charge on any atom is -0.382 e. The van der Waals surface area contributed by atoms with Gasteiger partial charge < -0.3 is 33.3 Å². The van der Waals surface area contributed by atoms with Gasteiger partial charge >= 0.3 is 0 Å². The van der Waals surface area contributed by atoms with Gasteiger partial charge in [0.25, 0.3) is 0 Å². The fraction of sp³-hybridized carbons (Fsp3) is 1.00. The molecular formula is C14H30NO6+. The molecule has 1 rings (SSSR count). The van der Waals surface area contributed by atoms with Crippen LogP contribution in [0.1, 0.15) is 0 Å². The molecule has 0 radical (unpaired) electrons. The zero-order valence-corrected chi connectivity index (χ0v) is 13.1. The minimum atomic E-state index is 0.586. The Labute approximate surface area is 127 Å². The Kier molecular flexibility index (Phi) is 13.1. The Morgan fingerprint density at radius 3 is 1.71 bits per heavy atom. The van der Waals surface area contributed by atoms with Crippen molar-refractivity contribution in [2.24, 2.45) is 0 Å². The molecule has 1 saturated heterocycles. The van der Waals surface area contributed by atoms with Gasteiger partial charge in [0.2, 0.25) is 0 Å². The summed E-state index contributed by atoms with van der Waals surface area (Å²) in [6.07, 6.45) is 0. The van der Waals surface area contributed by atoms with E-state index in [1.807, 2.05) is 0 Å². The molecule has 0 spiro atoms. The van der Waals surface area contributed by atoms with Crippen LogP contribution in [0.25, 0.3) is 0 Å². The molecule has 0 aliphatic carbocycles.